The lowest BCUT2D eigenvalue weighted by molar-refractivity contribution is -0.143. The van der Waals surface area contributed by atoms with Crippen LogP contribution in [0.5, 0.6) is 0 Å². The molecule has 252 valence electrons. The zero-order valence-corrected chi connectivity index (χ0v) is 25.6. The highest BCUT2D eigenvalue weighted by atomic mass is 19.4. The van der Waals surface area contributed by atoms with Crippen LogP contribution in [0.3, 0.4) is 0 Å². The predicted molar refractivity (Wildman–Crippen MR) is 164 cm³/mol. The minimum absolute atomic E-state index is 0.0117. The standard InChI is InChI=1S/C34H29F7N4O3/c1-42(18-20-15-21(33(36,37)38)17-22(16-20)34(39,40)41)31(47)29-28(23-7-2-3-9-25(23)35)24-8-6-10-26-30(24)45(32(29)48)14-13-44(26)27(46)19-43-11-4-5-12-43/h2-3,6-10,15-17H,4-5,11-14,18-19H2,1H3. The number of hydrogen-bond acceptors (Lipinski definition) is 4. The number of para-hydroxylation sites is 1. The van der Waals surface area contributed by atoms with Gasteiger partial charge >= 0.3 is 12.4 Å². The lowest BCUT2D eigenvalue weighted by Crippen LogP contribution is -2.45. The minimum Gasteiger partial charge on any atom is -0.337 e. The number of likely N-dealkylation sites (tertiary alicyclic amines) is 1. The van der Waals surface area contributed by atoms with Crippen LogP contribution in [0.2, 0.25) is 0 Å². The molecule has 1 fully saturated rings. The smallest absolute Gasteiger partial charge is 0.337 e. The summed E-state index contributed by atoms with van der Waals surface area (Å²) in [6.07, 6.45) is -8.24. The van der Waals surface area contributed by atoms with Crippen LogP contribution in [0.15, 0.2) is 65.5 Å². The van der Waals surface area contributed by atoms with E-state index in [-0.39, 0.29) is 48.1 Å². The van der Waals surface area contributed by atoms with Crippen LogP contribution in [-0.2, 0) is 30.2 Å². The molecule has 3 aromatic carbocycles. The summed E-state index contributed by atoms with van der Waals surface area (Å²) in [5, 5.41) is 0.269. The van der Waals surface area contributed by atoms with Crippen molar-refractivity contribution in [1.82, 2.24) is 14.4 Å². The maximum Gasteiger partial charge on any atom is 0.416 e. The Morgan fingerprint density at radius 1 is 0.833 bits per heavy atom. The Bertz CT molecular complexity index is 1950. The molecular weight excluding hydrogens is 645 g/mol. The average Bonchev–Trinajstić information content (AvgIpc) is 3.54. The normalized spacial score (nSPS) is 15.3. The lowest BCUT2D eigenvalue weighted by atomic mass is 9.93. The first-order valence-electron chi connectivity index (χ1n) is 15.2. The summed E-state index contributed by atoms with van der Waals surface area (Å²) in [6, 6.07) is 11.2. The second-order valence-corrected chi connectivity index (χ2v) is 12.0. The molecule has 0 bridgehead atoms. The van der Waals surface area contributed by atoms with Crippen molar-refractivity contribution in [3.05, 3.63) is 99.1 Å². The summed E-state index contributed by atoms with van der Waals surface area (Å²) >= 11 is 0. The molecule has 7 nitrogen and oxygen atoms in total. The number of hydrogen-bond donors (Lipinski definition) is 0. The van der Waals surface area contributed by atoms with Gasteiger partial charge in [-0.1, -0.05) is 30.3 Å². The van der Waals surface area contributed by atoms with Gasteiger partial charge in [0.1, 0.15) is 11.4 Å². The van der Waals surface area contributed by atoms with Gasteiger partial charge in [0.2, 0.25) is 5.91 Å². The Kier molecular flexibility index (Phi) is 8.56. The number of carbonyl (C=O) groups is 2. The van der Waals surface area contributed by atoms with Crippen molar-refractivity contribution >= 4 is 28.4 Å². The number of amides is 2. The van der Waals surface area contributed by atoms with E-state index in [1.54, 1.807) is 23.1 Å². The van der Waals surface area contributed by atoms with Gasteiger partial charge in [-0.3, -0.25) is 19.3 Å². The summed E-state index contributed by atoms with van der Waals surface area (Å²) in [5.41, 5.74) is -4.44. The van der Waals surface area contributed by atoms with Gasteiger partial charge in [0, 0.05) is 43.2 Å². The number of anilines is 1. The highest BCUT2D eigenvalue weighted by Crippen LogP contribution is 2.39. The first-order valence-corrected chi connectivity index (χ1v) is 15.2. The molecule has 2 aliphatic rings. The van der Waals surface area contributed by atoms with Crippen LogP contribution in [0.1, 0.15) is 39.9 Å². The Morgan fingerprint density at radius 3 is 2.10 bits per heavy atom. The molecule has 2 aliphatic heterocycles. The molecule has 0 unspecified atom stereocenters. The van der Waals surface area contributed by atoms with E-state index in [9.17, 15) is 40.7 Å². The molecule has 6 rings (SSSR count). The van der Waals surface area contributed by atoms with Gasteiger partial charge in [-0.05, 0) is 61.8 Å². The maximum atomic E-state index is 15.5. The Morgan fingerprint density at radius 2 is 1.48 bits per heavy atom. The predicted octanol–water partition coefficient (Wildman–Crippen LogP) is 6.56. The van der Waals surface area contributed by atoms with Crippen molar-refractivity contribution in [2.75, 3.05) is 38.1 Å². The molecular formula is C34H29F7N4O3. The molecule has 0 N–H and O–H groups in total. The number of halogens is 7. The molecule has 0 aliphatic carbocycles. The highest BCUT2D eigenvalue weighted by molar-refractivity contribution is 6.13. The number of benzene rings is 3. The third kappa shape index (κ3) is 6.16. The quantitative estimate of drug-likeness (QED) is 0.218. The number of alkyl halides is 6. The summed E-state index contributed by atoms with van der Waals surface area (Å²) in [6.45, 7) is 1.11. The number of pyridine rings is 1. The van der Waals surface area contributed by atoms with Gasteiger partial charge in [0.05, 0.1) is 28.9 Å². The van der Waals surface area contributed by atoms with Crippen LogP contribution < -0.4 is 10.5 Å². The van der Waals surface area contributed by atoms with Gasteiger partial charge in [-0.2, -0.15) is 26.3 Å². The minimum atomic E-state index is -5.10. The molecule has 0 radical (unpaired) electrons. The molecule has 0 saturated carbocycles. The van der Waals surface area contributed by atoms with Crippen LogP contribution in [0, 0.1) is 5.82 Å². The summed E-state index contributed by atoms with van der Waals surface area (Å²) in [4.78, 5) is 46.2. The van der Waals surface area contributed by atoms with Crippen LogP contribution in [0.25, 0.3) is 22.0 Å². The number of nitrogens with zero attached hydrogens (tertiary/aromatic N) is 4. The van der Waals surface area contributed by atoms with Crippen LogP contribution >= 0.6 is 0 Å². The number of aromatic nitrogens is 1. The van der Waals surface area contributed by atoms with Gasteiger partial charge in [-0.25, -0.2) is 4.39 Å². The Labute approximate surface area is 269 Å². The molecule has 48 heavy (non-hydrogen) atoms. The van der Waals surface area contributed by atoms with E-state index < -0.39 is 58.4 Å². The second-order valence-electron chi connectivity index (χ2n) is 12.0. The third-order valence-corrected chi connectivity index (χ3v) is 8.73. The second kappa shape index (κ2) is 12.4. The summed E-state index contributed by atoms with van der Waals surface area (Å²) in [5.74, 6) is -1.99. The van der Waals surface area contributed by atoms with Gasteiger partial charge in [0.15, 0.2) is 0 Å². The van der Waals surface area contributed by atoms with Crippen molar-refractivity contribution in [1.29, 1.82) is 0 Å². The fourth-order valence-electron chi connectivity index (χ4n) is 6.51. The van der Waals surface area contributed by atoms with Crippen molar-refractivity contribution in [2.45, 2.75) is 38.3 Å². The summed E-state index contributed by atoms with van der Waals surface area (Å²) in [7, 11) is 1.13. The molecule has 2 amide bonds. The van der Waals surface area contributed by atoms with Gasteiger partial charge < -0.3 is 14.4 Å². The lowest BCUT2D eigenvalue weighted by Gasteiger charge is -2.33. The first-order chi connectivity index (χ1) is 22.6. The van der Waals surface area contributed by atoms with Gasteiger partial charge in [0.25, 0.3) is 11.5 Å². The maximum absolute atomic E-state index is 15.5. The first kappa shape index (κ1) is 33.2. The molecule has 4 aromatic rings. The van der Waals surface area contributed by atoms with Crippen molar-refractivity contribution in [3.8, 4) is 11.1 Å². The fourth-order valence-corrected chi connectivity index (χ4v) is 6.51. The largest absolute Gasteiger partial charge is 0.416 e. The van der Waals surface area contributed by atoms with Crippen molar-refractivity contribution in [2.24, 2.45) is 0 Å². The molecule has 0 spiro atoms. The SMILES string of the molecule is CN(Cc1cc(C(F)(F)F)cc(C(F)(F)F)c1)C(=O)c1c(-c2ccccc2F)c2cccc3c2n(c1=O)CCN3C(=O)CN1CCCC1. The molecule has 0 atom stereocenters. The van der Waals surface area contributed by atoms with E-state index in [1.165, 1.54) is 22.8 Å². The monoisotopic (exact) mass is 674 g/mol. The van der Waals surface area contributed by atoms with Crippen molar-refractivity contribution in [3.63, 3.8) is 0 Å². The summed E-state index contributed by atoms with van der Waals surface area (Å²) < 4.78 is 97.9. The van der Waals surface area contributed by atoms with Crippen LogP contribution in [0.4, 0.5) is 36.4 Å². The number of carbonyl (C=O) groups excluding carboxylic acids is 2. The average molecular weight is 675 g/mol. The van der Waals surface area contributed by atoms with E-state index in [0.29, 0.717) is 23.3 Å². The Balaban J connectivity index is 1.48. The van der Waals surface area contributed by atoms with Crippen molar-refractivity contribution < 1.29 is 40.3 Å². The zero-order chi connectivity index (χ0) is 34.5. The molecule has 3 heterocycles. The molecule has 1 aromatic heterocycles. The fraction of sp³-hybridized carbons (Fsp3) is 0.324. The number of rotatable bonds is 6. The van der Waals surface area contributed by atoms with E-state index >= 15 is 4.39 Å². The van der Waals surface area contributed by atoms with E-state index in [0.717, 1.165) is 43.9 Å². The third-order valence-electron chi connectivity index (χ3n) is 8.73. The molecule has 1 saturated heterocycles. The van der Waals surface area contributed by atoms with Gasteiger partial charge in [-0.15, -0.1) is 0 Å². The topological polar surface area (TPSA) is 65.9 Å². The zero-order valence-electron chi connectivity index (χ0n) is 25.6. The van der Waals surface area contributed by atoms with E-state index in [2.05, 4.69) is 0 Å². The van der Waals surface area contributed by atoms with E-state index in [4.69, 9.17) is 0 Å². The highest BCUT2D eigenvalue weighted by Gasteiger charge is 2.38. The van der Waals surface area contributed by atoms with E-state index in [1.807, 2.05) is 4.90 Å². The van der Waals surface area contributed by atoms with Crippen LogP contribution in [-0.4, -0.2) is 59.4 Å². The molecule has 14 heteroatoms. The Hall–Kier alpha value is -4.72.